The van der Waals surface area contributed by atoms with Crippen LogP contribution in [-0.2, 0) is 15.8 Å². The fourth-order valence-electron chi connectivity index (χ4n) is 3.14. The molecule has 0 aliphatic rings. The molecule has 0 heterocycles. The Morgan fingerprint density at radius 2 is 1.21 bits per heavy atom. The zero-order valence-electron chi connectivity index (χ0n) is 18.2. The maximum Gasteiger partial charge on any atom is 0.416 e. The summed E-state index contributed by atoms with van der Waals surface area (Å²) in [7, 11) is 0. The number of alkyl halides is 3. The van der Waals surface area contributed by atoms with Gasteiger partial charge < -0.3 is 15.5 Å². The Morgan fingerprint density at radius 1 is 0.758 bits per heavy atom. The van der Waals surface area contributed by atoms with Crippen LogP contribution in [0.3, 0.4) is 0 Å². The van der Waals surface area contributed by atoms with E-state index in [9.17, 15) is 22.8 Å². The molecular weight excluding hydrogens is 431 g/mol. The molecule has 0 atom stereocenters. The molecule has 0 aromatic heterocycles. The lowest BCUT2D eigenvalue weighted by Crippen LogP contribution is -2.39. The molecule has 172 valence electrons. The highest BCUT2D eigenvalue weighted by molar-refractivity contribution is 5.98. The van der Waals surface area contributed by atoms with Crippen molar-refractivity contribution in [1.29, 1.82) is 0 Å². The Balaban J connectivity index is 1.79. The first-order chi connectivity index (χ1) is 15.6. The van der Waals surface area contributed by atoms with E-state index < -0.39 is 23.6 Å². The van der Waals surface area contributed by atoms with Gasteiger partial charge in [-0.2, -0.15) is 13.2 Å². The van der Waals surface area contributed by atoms with Gasteiger partial charge in [0, 0.05) is 17.1 Å². The van der Waals surface area contributed by atoms with Gasteiger partial charge in [-0.05, 0) is 56.3 Å². The van der Waals surface area contributed by atoms with Crippen molar-refractivity contribution in [1.82, 2.24) is 0 Å². The molecule has 5 nitrogen and oxygen atoms in total. The van der Waals surface area contributed by atoms with E-state index in [4.69, 9.17) is 0 Å². The van der Waals surface area contributed by atoms with E-state index in [0.29, 0.717) is 11.4 Å². The molecule has 8 heteroatoms. The van der Waals surface area contributed by atoms with Gasteiger partial charge in [0.25, 0.3) is 0 Å². The lowest BCUT2D eigenvalue weighted by atomic mass is 10.1. The second kappa shape index (κ2) is 10.2. The summed E-state index contributed by atoms with van der Waals surface area (Å²) in [6, 6.07) is 18.8. The number of amides is 2. The van der Waals surface area contributed by atoms with Crippen LogP contribution in [0.15, 0.2) is 72.8 Å². The Labute approximate surface area is 190 Å². The highest BCUT2D eigenvalue weighted by Crippen LogP contribution is 2.31. The van der Waals surface area contributed by atoms with E-state index in [1.54, 1.807) is 24.3 Å². The topological polar surface area (TPSA) is 61.4 Å². The zero-order chi connectivity index (χ0) is 24.0. The number of hydrogen-bond acceptors (Lipinski definition) is 3. The molecule has 33 heavy (non-hydrogen) atoms. The minimum atomic E-state index is -4.55. The van der Waals surface area contributed by atoms with Gasteiger partial charge in [0.1, 0.15) is 0 Å². The van der Waals surface area contributed by atoms with E-state index in [-0.39, 0.29) is 18.8 Å². The molecule has 0 spiro atoms. The molecule has 0 saturated heterocycles. The van der Waals surface area contributed by atoms with Crippen molar-refractivity contribution in [2.75, 3.05) is 28.6 Å². The van der Waals surface area contributed by atoms with E-state index in [2.05, 4.69) is 10.6 Å². The molecule has 2 N–H and O–H groups in total. The van der Waals surface area contributed by atoms with Crippen LogP contribution in [0.1, 0.15) is 16.7 Å². The van der Waals surface area contributed by atoms with Crippen LogP contribution in [0.5, 0.6) is 0 Å². The molecular formula is C25H24F3N3O2. The second-order valence-electron chi connectivity index (χ2n) is 7.73. The summed E-state index contributed by atoms with van der Waals surface area (Å²) in [5.41, 5.74) is 2.40. The Bertz CT molecular complexity index is 1050. The predicted octanol–water partition coefficient (Wildman–Crippen LogP) is 5.41. The molecule has 3 rings (SSSR count). The zero-order valence-corrected chi connectivity index (χ0v) is 18.2. The first-order valence-corrected chi connectivity index (χ1v) is 10.3. The number of carbonyl (C=O) groups excluding carboxylic acids is 2. The number of halogens is 3. The maximum absolute atomic E-state index is 13.2. The normalized spacial score (nSPS) is 11.1. The van der Waals surface area contributed by atoms with Gasteiger partial charge in [-0.3, -0.25) is 9.59 Å². The molecule has 0 bridgehead atoms. The summed E-state index contributed by atoms with van der Waals surface area (Å²) in [5, 5.41) is 5.42. The highest BCUT2D eigenvalue weighted by Gasteiger charge is 2.31. The van der Waals surface area contributed by atoms with Crippen LogP contribution >= 0.6 is 0 Å². The molecule has 0 saturated carbocycles. The van der Waals surface area contributed by atoms with Gasteiger partial charge in [-0.1, -0.05) is 41.5 Å². The number of hydrogen-bond donors (Lipinski definition) is 2. The smallest absolute Gasteiger partial charge is 0.353 e. The second-order valence-corrected chi connectivity index (χ2v) is 7.73. The molecule has 0 aliphatic carbocycles. The van der Waals surface area contributed by atoms with Gasteiger partial charge in [0.2, 0.25) is 11.8 Å². The van der Waals surface area contributed by atoms with E-state index >= 15 is 0 Å². The van der Waals surface area contributed by atoms with Crippen LogP contribution < -0.4 is 15.5 Å². The molecule has 0 unspecified atom stereocenters. The van der Waals surface area contributed by atoms with Crippen molar-refractivity contribution in [3.63, 3.8) is 0 Å². The lowest BCUT2D eigenvalue weighted by molar-refractivity contribution is -0.137. The summed E-state index contributed by atoms with van der Waals surface area (Å²) >= 11 is 0. The fraction of sp³-hybridized carbons (Fsp3) is 0.200. The molecule has 0 fully saturated rings. The fourth-order valence-corrected chi connectivity index (χ4v) is 3.14. The monoisotopic (exact) mass is 455 g/mol. The van der Waals surface area contributed by atoms with Gasteiger partial charge in [0.05, 0.1) is 18.7 Å². The van der Waals surface area contributed by atoms with Crippen LogP contribution in [0.4, 0.5) is 30.2 Å². The standard InChI is InChI=1S/C25H24F3N3O2/c1-17-6-10-20(11-7-17)29-23(32)15-31(22-5-3-4-19(14-22)25(26,27)28)16-24(33)30-21-12-8-18(2)9-13-21/h3-14H,15-16H2,1-2H3,(H,29,32)(H,30,33). The third-order valence-electron chi connectivity index (χ3n) is 4.88. The first-order valence-electron chi connectivity index (χ1n) is 10.3. The molecule has 3 aromatic carbocycles. The minimum absolute atomic E-state index is 0.114. The molecule has 0 radical (unpaired) electrons. The van der Waals surface area contributed by atoms with Crippen LogP contribution in [0.25, 0.3) is 0 Å². The number of nitrogens with zero attached hydrogens (tertiary/aromatic N) is 1. The Hall–Kier alpha value is -3.81. The number of aryl methyl sites for hydroxylation is 2. The maximum atomic E-state index is 13.2. The molecule has 2 amide bonds. The van der Waals surface area contributed by atoms with Gasteiger partial charge in [-0.15, -0.1) is 0 Å². The largest absolute Gasteiger partial charge is 0.416 e. The summed E-state index contributed by atoms with van der Waals surface area (Å²) in [6.07, 6.45) is -4.55. The van der Waals surface area contributed by atoms with Crippen molar-refractivity contribution in [2.45, 2.75) is 20.0 Å². The first kappa shape index (κ1) is 23.8. The van der Waals surface area contributed by atoms with E-state index in [0.717, 1.165) is 23.3 Å². The SMILES string of the molecule is Cc1ccc(NC(=O)CN(CC(=O)Nc2ccc(C)cc2)c2cccc(C(F)(F)F)c2)cc1. The van der Waals surface area contributed by atoms with Crippen LogP contribution in [0, 0.1) is 13.8 Å². The Morgan fingerprint density at radius 3 is 1.64 bits per heavy atom. The molecule has 0 aliphatic heterocycles. The minimum Gasteiger partial charge on any atom is -0.353 e. The third-order valence-corrected chi connectivity index (χ3v) is 4.88. The lowest BCUT2D eigenvalue weighted by Gasteiger charge is -2.24. The van der Waals surface area contributed by atoms with Gasteiger partial charge in [-0.25, -0.2) is 0 Å². The third kappa shape index (κ3) is 7.10. The van der Waals surface area contributed by atoms with E-state index in [1.165, 1.54) is 17.0 Å². The molecule has 3 aromatic rings. The van der Waals surface area contributed by atoms with Gasteiger partial charge in [0.15, 0.2) is 0 Å². The number of rotatable bonds is 7. The summed E-state index contributed by atoms with van der Waals surface area (Å²) in [4.78, 5) is 26.6. The van der Waals surface area contributed by atoms with Crippen LogP contribution in [-0.4, -0.2) is 24.9 Å². The average molecular weight is 455 g/mol. The quantitative estimate of drug-likeness (QED) is 0.501. The number of benzene rings is 3. The van der Waals surface area contributed by atoms with E-state index in [1.807, 2.05) is 38.1 Å². The summed E-state index contributed by atoms with van der Waals surface area (Å²) in [6.45, 7) is 3.20. The summed E-state index contributed by atoms with van der Waals surface area (Å²) < 4.78 is 39.7. The van der Waals surface area contributed by atoms with Crippen molar-refractivity contribution in [3.05, 3.63) is 89.5 Å². The summed E-state index contributed by atoms with van der Waals surface area (Å²) in [5.74, 6) is -0.918. The van der Waals surface area contributed by atoms with Crippen LogP contribution in [0.2, 0.25) is 0 Å². The van der Waals surface area contributed by atoms with Crippen molar-refractivity contribution >= 4 is 28.9 Å². The number of carbonyl (C=O) groups is 2. The predicted molar refractivity (Wildman–Crippen MR) is 123 cm³/mol. The van der Waals surface area contributed by atoms with Gasteiger partial charge >= 0.3 is 6.18 Å². The van der Waals surface area contributed by atoms with Crippen molar-refractivity contribution in [3.8, 4) is 0 Å². The number of anilines is 3. The van der Waals surface area contributed by atoms with Crippen molar-refractivity contribution in [2.24, 2.45) is 0 Å². The highest BCUT2D eigenvalue weighted by atomic mass is 19.4. The Kier molecular flexibility index (Phi) is 7.37. The number of nitrogens with one attached hydrogen (secondary N) is 2. The average Bonchev–Trinajstić information content (AvgIpc) is 2.76. The van der Waals surface area contributed by atoms with Crippen molar-refractivity contribution < 1.29 is 22.8 Å².